The molecule has 1 heterocycles. The van der Waals surface area contributed by atoms with Gasteiger partial charge in [-0.1, -0.05) is 30.3 Å². The molecule has 0 unspecified atom stereocenters. The molecule has 1 aliphatic heterocycles. The van der Waals surface area contributed by atoms with Gasteiger partial charge < -0.3 is 20.1 Å². The molecule has 134 valence electrons. The van der Waals surface area contributed by atoms with Gasteiger partial charge in [0.05, 0.1) is 14.2 Å². The SMILES string of the molecule is COc1cc(OC)cc(C(=O)N2C[C@@H](N)[C@H](c3ccccc3)C2)c1.Cl. The van der Waals surface area contributed by atoms with E-state index in [-0.39, 0.29) is 30.3 Å². The normalized spacial score (nSPS) is 19.2. The molecule has 5 nitrogen and oxygen atoms in total. The van der Waals surface area contributed by atoms with Crippen molar-refractivity contribution in [3.8, 4) is 11.5 Å². The minimum Gasteiger partial charge on any atom is -0.497 e. The first-order valence-electron chi connectivity index (χ1n) is 7.95. The zero-order valence-corrected chi connectivity index (χ0v) is 15.2. The largest absolute Gasteiger partial charge is 0.497 e. The summed E-state index contributed by atoms with van der Waals surface area (Å²) in [5.74, 6) is 1.30. The minimum absolute atomic E-state index is 0. The Bertz CT molecular complexity index is 702. The highest BCUT2D eigenvalue weighted by Gasteiger charge is 2.34. The van der Waals surface area contributed by atoms with Gasteiger partial charge in [0, 0.05) is 36.7 Å². The van der Waals surface area contributed by atoms with Gasteiger partial charge in [0.25, 0.3) is 5.91 Å². The van der Waals surface area contributed by atoms with Gasteiger partial charge in [0.1, 0.15) is 11.5 Å². The molecule has 0 bridgehead atoms. The molecule has 2 atom stereocenters. The highest BCUT2D eigenvalue weighted by Crippen LogP contribution is 2.29. The van der Waals surface area contributed by atoms with Crippen molar-refractivity contribution in [2.45, 2.75) is 12.0 Å². The molecule has 0 aliphatic carbocycles. The van der Waals surface area contributed by atoms with E-state index in [0.29, 0.717) is 30.2 Å². The Morgan fingerprint density at radius 1 is 1.04 bits per heavy atom. The van der Waals surface area contributed by atoms with Crippen LogP contribution in [0, 0.1) is 0 Å². The summed E-state index contributed by atoms with van der Waals surface area (Å²) in [5.41, 5.74) is 8.00. The maximum absolute atomic E-state index is 12.9. The summed E-state index contributed by atoms with van der Waals surface area (Å²) in [6.07, 6.45) is 0. The number of benzene rings is 2. The van der Waals surface area contributed by atoms with E-state index in [2.05, 4.69) is 12.1 Å². The predicted octanol–water partition coefficient (Wildman–Crippen LogP) is 2.69. The number of nitrogens with zero attached hydrogens (tertiary/aromatic N) is 1. The molecule has 2 N–H and O–H groups in total. The molecule has 0 radical (unpaired) electrons. The lowest BCUT2D eigenvalue weighted by atomic mass is 9.95. The van der Waals surface area contributed by atoms with Crippen LogP contribution in [0.25, 0.3) is 0 Å². The van der Waals surface area contributed by atoms with Crippen molar-refractivity contribution in [2.24, 2.45) is 5.73 Å². The quantitative estimate of drug-likeness (QED) is 0.908. The number of amides is 1. The van der Waals surface area contributed by atoms with E-state index in [9.17, 15) is 4.79 Å². The Morgan fingerprint density at radius 3 is 2.20 bits per heavy atom. The molecular formula is C19H23ClN2O3. The van der Waals surface area contributed by atoms with Crippen LogP contribution in [0.15, 0.2) is 48.5 Å². The fraction of sp³-hybridized carbons (Fsp3) is 0.316. The van der Waals surface area contributed by atoms with Crippen molar-refractivity contribution in [1.29, 1.82) is 0 Å². The number of likely N-dealkylation sites (tertiary alicyclic amines) is 1. The van der Waals surface area contributed by atoms with Crippen LogP contribution >= 0.6 is 12.4 Å². The molecule has 1 amide bonds. The first kappa shape index (κ1) is 19.1. The maximum atomic E-state index is 12.9. The first-order chi connectivity index (χ1) is 11.6. The number of hydrogen-bond acceptors (Lipinski definition) is 4. The fourth-order valence-corrected chi connectivity index (χ4v) is 3.16. The third-order valence-electron chi connectivity index (χ3n) is 4.48. The van der Waals surface area contributed by atoms with E-state index in [1.165, 1.54) is 5.56 Å². The zero-order chi connectivity index (χ0) is 17.1. The van der Waals surface area contributed by atoms with E-state index < -0.39 is 0 Å². The van der Waals surface area contributed by atoms with Gasteiger partial charge in [0.2, 0.25) is 0 Å². The van der Waals surface area contributed by atoms with E-state index in [4.69, 9.17) is 15.2 Å². The second kappa shape index (κ2) is 8.23. The molecule has 0 aromatic heterocycles. The van der Waals surface area contributed by atoms with Crippen molar-refractivity contribution in [2.75, 3.05) is 27.3 Å². The molecule has 1 fully saturated rings. The Hall–Kier alpha value is -2.24. The van der Waals surface area contributed by atoms with Crippen LogP contribution in [0.3, 0.4) is 0 Å². The number of methoxy groups -OCH3 is 2. The van der Waals surface area contributed by atoms with Crippen molar-refractivity contribution in [3.63, 3.8) is 0 Å². The van der Waals surface area contributed by atoms with Gasteiger partial charge >= 0.3 is 0 Å². The van der Waals surface area contributed by atoms with Crippen LogP contribution in [0.1, 0.15) is 21.8 Å². The summed E-state index contributed by atoms with van der Waals surface area (Å²) in [6, 6.07) is 15.2. The van der Waals surface area contributed by atoms with Crippen LogP contribution in [0.4, 0.5) is 0 Å². The number of nitrogens with two attached hydrogens (primary N) is 1. The highest BCUT2D eigenvalue weighted by atomic mass is 35.5. The second-order valence-corrected chi connectivity index (χ2v) is 5.99. The number of carbonyl (C=O) groups excluding carboxylic acids is 1. The number of carbonyl (C=O) groups is 1. The summed E-state index contributed by atoms with van der Waals surface area (Å²) < 4.78 is 10.5. The van der Waals surface area contributed by atoms with E-state index in [1.807, 2.05) is 18.2 Å². The highest BCUT2D eigenvalue weighted by molar-refractivity contribution is 5.95. The van der Waals surface area contributed by atoms with Gasteiger partial charge in [-0.2, -0.15) is 0 Å². The lowest BCUT2D eigenvalue weighted by Crippen LogP contribution is -2.32. The maximum Gasteiger partial charge on any atom is 0.254 e. The molecule has 0 spiro atoms. The summed E-state index contributed by atoms with van der Waals surface area (Å²) in [5, 5.41) is 0. The van der Waals surface area contributed by atoms with Crippen molar-refractivity contribution in [3.05, 3.63) is 59.7 Å². The van der Waals surface area contributed by atoms with Gasteiger partial charge in [0.15, 0.2) is 0 Å². The standard InChI is InChI=1S/C19H22N2O3.ClH/c1-23-15-8-14(9-16(10-15)24-2)19(22)21-11-17(18(20)12-21)13-6-4-3-5-7-13;/h3-10,17-18H,11-12,20H2,1-2H3;1H/t17-,18+;/m0./s1. The summed E-state index contributed by atoms with van der Waals surface area (Å²) in [7, 11) is 3.14. The molecular weight excluding hydrogens is 340 g/mol. The summed E-state index contributed by atoms with van der Waals surface area (Å²) >= 11 is 0. The average molecular weight is 363 g/mol. The Kier molecular flexibility index (Phi) is 6.28. The molecule has 2 aromatic rings. The van der Waals surface area contributed by atoms with Gasteiger partial charge in [-0.25, -0.2) is 0 Å². The van der Waals surface area contributed by atoms with Crippen LogP contribution in [0.5, 0.6) is 11.5 Å². The zero-order valence-electron chi connectivity index (χ0n) is 14.3. The number of halogens is 1. The van der Waals surface area contributed by atoms with Crippen molar-refractivity contribution < 1.29 is 14.3 Å². The van der Waals surface area contributed by atoms with E-state index >= 15 is 0 Å². The lowest BCUT2D eigenvalue weighted by molar-refractivity contribution is 0.0788. The molecule has 1 saturated heterocycles. The third-order valence-corrected chi connectivity index (χ3v) is 4.48. The van der Waals surface area contributed by atoms with Gasteiger partial charge in [-0.3, -0.25) is 4.79 Å². The van der Waals surface area contributed by atoms with Crippen molar-refractivity contribution >= 4 is 18.3 Å². The predicted molar refractivity (Wildman–Crippen MR) is 99.9 cm³/mol. The fourth-order valence-electron chi connectivity index (χ4n) is 3.16. The van der Waals surface area contributed by atoms with Crippen LogP contribution in [-0.2, 0) is 0 Å². The first-order valence-corrected chi connectivity index (χ1v) is 7.95. The Labute approximate surface area is 154 Å². The summed E-state index contributed by atoms with van der Waals surface area (Å²) in [4.78, 5) is 14.7. The summed E-state index contributed by atoms with van der Waals surface area (Å²) in [6.45, 7) is 1.15. The Morgan fingerprint density at radius 2 is 1.64 bits per heavy atom. The number of rotatable bonds is 4. The molecule has 1 aliphatic rings. The topological polar surface area (TPSA) is 64.8 Å². The van der Waals surface area contributed by atoms with E-state index in [0.717, 1.165) is 0 Å². The van der Waals surface area contributed by atoms with Crippen LogP contribution < -0.4 is 15.2 Å². The third kappa shape index (κ3) is 4.06. The molecule has 2 aromatic carbocycles. The van der Waals surface area contributed by atoms with Gasteiger partial charge in [-0.15, -0.1) is 12.4 Å². The number of ether oxygens (including phenoxy) is 2. The molecule has 25 heavy (non-hydrogen) atoms. The molecule has 6 heteroatoms. The van der Waals surface area contributed by atoms with E-state index in [1.54, 1.807) is 37.3 Å². The number of hydrogen-bond donors (Lipinski definition) is 1. The van der Waals surface area contributed by atoms with Crippen LogP contribution in [0.2, 0.25) is 0 Å². The molecule has 0 saturated carbocycles. The smallest absolute Gasteiger partial charge is 0.254 e. The average Bonchev–Trinajstić information content (AvgIpc) is 3.03. The second-order valence-electron chi connectivity index (χ2n) is 5.99. The lowest BCUT2D eigenvalue weighted by Gasteiger charge is -2.17. The molecule has 3 rings (SSSR count). The monoisotopic (exact) mass is 362 g/mol. The van der Waals surface area contributed by atoms with Crippen molar-refractivity contribution in [1.82, 2.24) is 4.90 Å². The van der Waals surface area contributed by atoms with Gasteiger partial charge in [-0.05, 0) is 17.7 Å². The Balaban J connectivity index is 0.00000225. The minimum atomic E-state index is -0.0659. The van der Waals surface area contributed by atoms with Crippen LogP contribution in [-0.4, -0.2) is 44.2 Å².